The molecule has 0 aliphatic heterocycles. The fraction of sp³-hybridized carbons (Fsp3) is 0.308. The van der Waals surface area contributed by atoms with Crippen LogP contribution in [0.25, 0.3) is 0 Å². The van der Waals surface area contributed by atoms with E-state index in [-0.39, 0.29) is 6.61 Å². The highest BCUT2D eigenvalue weighted by atomic mass is 19.1. The SMILES string of the molecule is Cc1cc(COc2cc(F)ccc2C(C)O)no1. The van der Waals surface area contributed by atoms with E-state index in [1.54, 1.807) is 19.9 Å². The van der Waals surface area contributed by atoms with E-state index < -0.39 is 11.9 Å². The van der Waals surface area contributed by atoms with Crippen molar-refractivity contribution in [1.29, 1.82) is 0 Å². The normalized spacial score (nSPS) is 12.4. The van der Waals surface area contributed by atoms with E-state index in [2.05, 4.69) is 5.16 Å². The molecule has 2 rings (SSSR count). The van der Waals surface area contributed by atoms with Gasteiger partial charge in [0, 0.05) is 17.7 Å². The van der Waals surface area contributed by atoms with Crippen LogP contribution in [-0.4, -0.2) is 10.3 Å². The molecule has 1 aromatic heterocycles. The van der Waals surface area contributed by atoms with Crippen molar-refractivity contribution in [3.05, 3.63) is 47.1 Å². The molecule has 0 fully saturated rings. The number of aromatic nitrogens is 1. The first-order valence-corrected chi connectivity index (χ1v) is 5.59. The number of rotatable bonds is 4. The lowest BCUT2D eigenvalue weighted by atomic mass is 10.1. The summed E-state index contributed by atoms with van der Waals surface area (Å²) in [6.07, 6.45) is -0.723. The van der Waals surface area contributed by atoms with Gasteiger partial charge >= 0.3 is 0 Å². The summed E-state index contributed by atoms with van der Waals surface area (Å²) < 4.78 is 23.5. The van der Waals surface area contributed by atoms with Crippen molar-refractivity contribution in [2.45, 2.75) is 26.6 Å². The zero-order chi connectivity index (χ0) is 13.1. The molecule has 96 valence electrons. The molecule has 0 aliphatic carbocycles. The predicted octanol–water partition coefficient (Wildman–Crippen LogP) is 2.75. The Kier molecular flexibility index (Phi) is 3.62. The van der Waals surface area contributed by atoms with Gasteiger partial charge in [0.2, 0.25) is 0 Å². The summed E-state index contributed by atoms with van der Waals surface area (Å²) in [6.45, 7) is 3.54. The predicted molar refractivity (Wildman–Crippen MR) is 62.6 cm³/mol. The fourth-order valence-corrected chi connectivity index (χ4v) is 1.62. The van der Waals surface area contributed by atoms with Crippen LogP contribution in [0, 0.1) is 12.7 Å². The average molecular weight is 251 g/mol. The number of nitrogens with zero attached hydrogens (tertiary/aromatic N) is 1. The molecule has 0 saturated heterocycles. The Morgan fingerprint density at radius 2 is 2.22 bits per heavy atom. The lowest BCUT2D eigenvalue weighted by Crippen LogP contribution is -2.01. The van der Waals surface area contributed by atoms with Crippen LogP contribution >= 0.6 is 0 Å². The zero-order valence-electron chi connectivity index (χ0n) is 10.2. The maximum atomic E-state index is 13.1. The summed E-state index contributed by atoms with van der Waals surface area (Å²) in [5.74, 6) is 0.583. The number of hydrogen-bond donors (Lipinski definition) is 1. The maximum absolute atomic E-state index is 13.1. The third-order valence-corrected chi connectivity index (χ3v) is 2.48. The third kappa shape index (κ3) is 2.87. The Hall–Kier alpha value is -1.88. The average Bonchev–Trinajstić information content (AvgIpc) is 2.72. The van der Waals surface area contributed by atoms with Crippen LogP contribution in [0.4, 0.5) is 4.39 Å². The van der Waals surface area contributed by atoms with Gasteiger partial charge in [-0.05, 0) is 26.0 Å². The van der Waals surface area contributed by atoms with Crippen LogP contribution in [-0.2, 0) is 6.61 Å². The minimum Gasteiger partial charge on any atom is -0.487 e. The first kappa shape index (κ1) is 12.6. The van der Waals surface area contributed by atoms with Crippen LogP contribution in [0.1, 0.15) is 30.0 Å². The smallest absolute Gasteiger partial charge is 0.134 e. The summed E-state index contributed by atoms with van der Waals surface area (Å²) in [5, 5.41) is 13.3. The quantitative estimate of drug-likeness (QED) is 0.907. The van der Waals surface area contributed by atoms with Gasteiger partial charge in [0.05, 0.1) is 6.10 Å². The number of aliphatic hydroxyl groups excluding tert-OH is 1. The molecule has 0 radical (unpaired) electrons. The van der Waals surface area contributed by atoms with Crippen molar-refractivity contribution in [2.75, 3.05) is 0 Å². The molecular weight excluding hydrogens is 237 g/mol. The number of benzene rings is 1. The number of aryl methyl sites for hydroxylation is 1. The van der Waals surface area contributed by atoms with Crippen molar-refractivity contribution in [1.82, 2.24) is 5.16 Å². The minimum absolute atomic E-state index is 0.167. The second-order valence-corrected chi connectivity index (χ2v) is 4.08. The Labute approximate surface area is 104 Å². The first-order valence-electron chi connectivity index (χ1n) is 5.59. The Morgan fingerprint density at radius 3 is 2.83 bits per heavy atom. The molecule has 2 aromatic rings. The molecule has 0 amide bonds. The number of halogens is 1. The minimum atomic E-state index is -0.723. The fourth-order valence-electron chi connectivity index (χ4n) is 1.62. The van der Waals surface area contributed by atoms with Gasteiger partial charge in [-0.2, -0.15) is 0 Å². The van der Waals surface area contributed by atoms with E-state index >= 15 is 0 Å². The van der Waals surface area contributed by atoms with Crippen molar-refractivity contribution >= 4 is 0 Å². The van der Waals surface area contributed by atoms with Crippen LogP contribution in [0.3, 0.4) is 0 Å². The van der Waals surface area contributed by atoms with Crippen molar-refractivity contribution in [2.24, 2.45) is 0 Å². The summed E-state index contributed by atoms with van der Waals surface area (Å²) in [7, 11) is 0. The van der Waals surface area contributed by atoms with Crippen molar-refractivity contribution < 1.29 is 18.8 Å². The molecule has 4 nitrogen and oxygen atoms in total. The van der Waals surface area contributed by atoms with E-state index in [9.17, 15) is 9.50 Å². The monoisotopic (exact) mass is 251 g/mol. The molecular formula is C13H14FNO3. The van der Waals surface area contributed by atoms with Gasteiger partial charge in [0.1, 0.15) is 29.6 Å². The summed E-state index contributed by atoms with van der Waals surface area (Å²) in [5.41, 5.74) is 1.16. The summed E-state index contributed by atoms with van der Waals surface area (Å²) >= 11 is 0. The van der Waals surface area contributed by atoms with Crippen LogP contribution < -0.4 is 4.74 Å². The largest absolute Gasteiger partial charge is 0.487 e. The summed E-state index contributed by atoms with van der Waals surface area (Å²) in [6, 6.07) is 5.77. The molecule has 1 N–H and O–H groups in total. The molecule has 0 spiro atoms. The topological polar surface area (TPSA) is 55.5 Å². The molecule has 18 heavy (non-hydrogen) atoms. The molecule has 0 aliphatic rings. The second-order valence-electron chi connectivity index (χ2n) is 4.08. The highest BCUT2D eigenvalue weighted by Gasteiger charge is 2.11. The number of hydrogen-bond acceptors (Lipinski definition) is 4. The van der Waals surface area contributed by atoms with Gasteiger partial charge in [-0.1, -0.05) is 5.16 Å². The van der Waals surface area contributed by atoms with E-state index in [0.29, 0.717) is 22.8 Å². The van der Waals surface area contributed by atoms with Gasteiger partial charge in [-0.25, -0.2) is 4.39 Å². The molecule has 0 saturated carbocycles. The van der Waals surface area contributed by atoms with Crippen LogP contribution in [0.5, 0.6) is 5.75 Å². The molecule has 5 heteroatoms. The molecule has 0 bridgehead atoms. The molecule has 1 unspecified atom stereocenters. The lowest BCUT2D eigenvalue weighted by molar-refractivity contribution is 0.189. The van der Waals surface area contributed by atoms with Gasteiger partial charge < -0.3 is 14.4 Å². The van der Waals surface area contributed by atoms with Gasteiger partial charge in [-0.15, -0.1) is 0 Å². The highest BCUT2D eigenvalue weighted by Crippen LogP contribution is 2.26. The zero-order valence-corrected chi connectivity index (χ0v) is 10.2. The maximum Gasteiger partial charge on any atom is 0.134 e. The van der Waals surface area contributed by atoms with Crippen molar-refractivity contribution in [3.8, 4) is 5.75 Å². The third-order valence-electron chi connectivity index (χ3n) is 2.48. The summed E-state index contributed by atoms with van der Waals surface area (Å²) in [4.78, 5) is 0. The van der Waals surface area contributed by atoms with E-state index in [0.717, 1.165) is 0 Å². The van der Waals surface area contributed by atoms with E-state index in [1.807, 2.05) is 0 Å². The Bertz CT molecular complexity index is 537. The van der Waals surface area contributed by atoms with Crippen LogP contribution in [0.15, 0.2) is 28.8 Å². The highest BCUT2D eigenvalue weighted by molar-refractivity contribution is 5.35. The molecule has 1 aromatic carbocycles. The number of aliphatic hydroxyl groups is 1. The first-order chi connectivity index (χ1) is 8.56. The van der Waals surface area contributed by atoms with Crippen molar-refractivity contribution in [3.63, 3.8) is 0 Å². The second kappa shape index (κ2) is 5.18. The van der Waals surface area contributed by atoms with Gasteiger partial charge in [0.25, 0.3) is 0 Å². The van der Waals surface area contributed by atoms with E-state index in [1.165, 1.54) is 18.2 Å². The van der Waals surface area contributed by atoms with E-state index in [4.69, 9.17) is 9.26 Å². The standard InChI is InChI=1S/C13H14FNO3/c1-8-5-11(15-18-8)7-17-13-6-10(14)3-4-12(13)9(2)16/h3-6,9,16H,7H2,1-2H3. The van der Waals surface area contributed by atoms with Crippen LogP contribution in [0.2, 0.25) is 0 Å². The number of ether oxygens (including phenoxy) is 1. The van der Waals surface area contributed by atoms with Gasteiger partial charge in [0.15, 0.2) is 0 Å². The molecule has 1 heterocycles. The molecule has 1 atom stereocenters. The van der Waals surface area contributed by atoms with Gasteiger partial charge in [-0.3, -0.25) is 0 Å². The Balaban J connectivity index is 2.15. The lowest BCUT2D eigenvalue weighted by Gasteiger charge is -2.12. The Morgan fingerprint density at radius 1 is 1.44 bits per heavy atom.